The minimum absolute atomic E-state index is 0.117. The van der Waals surface area contributed by atoms with E-state index in [0.717, 1.165) is 4.52 Å². The Morgan fingerprint density at radius 3 is 2.45 bits per heavy atom. The van der Waals surface area contributed by atoms with Crippen LogP contribution in [0.4, 0.5) is 24.5 Å². The van der Waals surface area contributed by atoms with E-state index < -0.39 is 38.5 Å². The number of sulfonamides is 1. The van der Waals surface area contributed by atoms with Crippen molar-refractivity contribution in [2.24, 2.45) is 0 Å². The van der Waals surface area contributed by atoms with E-state index in [4.69, 9.17) is 11.6 Å². The molecule has 31 heavy (non-hydrogen) atoms. The van der Waals surface area contributed by atoms with Gasteiger partial charge in [-0.2, -0.15) is 18.3 Å². The van der Waals surface area contributed by atoms with Crippen LogP contribution >= 0.6 is 11.6 Å². The zero-order valence-electron chi connectivity index (χ0n) is 16.3. The molecule has 0 bridgehead atoms. The lowest BCUT2D eigenvalue weighted by molar-refractivity contribution is -0.141. The van der Waals surface area contributed by atoms with Crippen molar-refractivity contribution < 1.29 is 26.4 Å². The maximum atomic E-state index is 13.0. The summed E-state index contributed by atoms with van der Waals surface area (Å²) in [6, 6.07) is 4.96. The Labute approximate surface area is 179 Å². The van der Waals surface area contributed by atoms with Crippen LogP contribution in [0.3, 0.4) is 0 Å². The number of imidazole rings is 1. The Hall–Kier alpha value is -3.06. The summed E-state index contributed by atoms with van der Waals surface area (Å²) in [5.74, 6) is -1.15. The Balaban J connectivity index is 2.05. The van der Waals surface area contributed by atoms with Crippen LogP contribution in [-0.2, 0) is 16.2 Å². The number of alkyl halides is 3. The number of carbonyl (C=O) groups excluding carboxylic acids is 1. The second-order valence-electron chi connectivity index (χ2n) is 6.27. The molecule has 2 aromatic heterocycles. The lowest BCUT2D eigenvalue weighted by Gasteiger charge is -2.14. The van der Waals surface area contributed by atoms with Crippen LogP contribution in [0.15, 0.2) is 29.2 Å². The van der Waals surface area contributed by atoms with Crippen molar-refractivity contribution >= 4 is 44.6 Å². The van der Waals surface area contributed by atoms with Gasteiger partial charge in [-0.1, -0.05) is 17.7 Å². The summed E-state index contributed by atoms with van der Waals surface area (Å²) < 4.78 is 67.3. The van der Waals surface area contributed by atoms with E-state index >= 15 is 0 Å². The molecule has 0 radical (unpaired) electrons. The highest BCUT2D eigenvalue weighted by molar-refractivity contribution is 7.90. The standard InChI is InChI=1S/C17H16ClF3N6O3S/c1-8-13(24-15-9(18)7-12(17(19,20)21)25-27(8)15)16(28)26-31(29,30)11-6-4-5-10(22-2)14(11)23-3/h4-7,22-23H,1-3H3,(H,26,28). The van der Waals surface area contributed by atoms with E-state index in [2.05, 4.69) is 20.7 Å². The topological polar surface area (TPSA) is 117 Å². The second kappa shape index (κ2) is 7.89. The molecule has 1 amide bonds. The molecule has 0 aliphatic rings. The average Bonchev–Trinajstić information content (AvgIpc) is 3.03. The van der Waals surface area contributed by atoms with Crippen molar-refractivity contribution in [3.63, 3.8) is 0 Å². The van der Waals surface area contributed by atoms with Crippen LogP contribution < -0.4 is 15.4 Å². The number of fused-ring (bicyclic) bond motifs is 1. The van der Waals surface area contributed by atoms with Gasteiger partial charge in [0.2, 0.25) is 0 Å². The normalized spacial score (nSPS) is 12.1. The predicted octanol–water partition coefficient (Wildman–Crippen LogP) is 2.91. The molecule has 0 atom stereocenters. The van der Waals surface area contributed by atoms with Crippen molar-refractivity contribution in [2.45, 2.75) is 18.0 Å². The molecule has 0 aliphatic carbocycles. The van der Waals surface area contributed by atoms with Gasteiger partial charge in [0, 0.05) is 14.1 Å². The molecule has 0 fully saturated rings. The summed E-state index contributed by atoms with van der Waals surface area (Å²) in [5.41, 5.74) is -1.37. The summed E-state index contributed by atoms with van der Waals surface area (Å²) >= 11 is 5.87. The van der Waals surface area contributed by atoms with E-state index in [1.807, 2.05) is 4.72 Å². The molecule has 166 valence electrons. The number of aryl methyl sites for hydroxylation is 1. The number of carbonyl (C=O) groups is 1. The first-order valence-corrected chi connectivity index (χ1v) is 10.5. The second-order valence-corrected chi connectivity index (χ2v) is 8.33. The van der Waals surface area contributed by atoms with Gasteiger partial charge in [-0.05, 0) is 25.1 Å². The van der Waals surface area contributed by atoms with Gasteiger partial charge < -0.3 is 10.6 Å². The number of nitrogens with one attached hydrogen (secondary N) is 3. The fourth-order valence-electron chi connectivity index (χ4n) is 2.89. The fraction of sp³-hybridized carbons (Fsp3) is 0.235. The van der Waals surface area contributed by atoms with Gasteiger partial charge in [0.25, 0.3) is 15.9 Å². The SMILES string of the molecule is CNc1cccc(S(=O)(=O)NC(=O)c2nc3c(Cl)cc(C(F)(F)F)nn3c2C)c1NC. The van der Waals surface area contributed by atoms with Gasteiger partial charge >= 0.3 is 6.18 Å². The minimum Gasteiger partial charge on any atom is -0.386 e. The molecule has 0 spiro atoms. The van der Waals surface area contributed by atoms with Crippen LogP contribution in [-0.4, -0.2) is 43.0 Å². The molecule has 9 nitrogen and oxygen atoms in total. The Morgan fingerprint density at radius 1 is 1.19 bits per heavy atom. The monoisotopic (exact) mass is 476 g/mol. The number of aromatic nitrogens is 3. The molecule has 3 rings (SSSR count). The number of benzene rings is 1. The summed E-state index contributed by atoms with van der Waals surface area (Å²) in [6.45, 7) is 1.27. The van der Waals surface area contributed by atoms with Crippen molar-refractivity contribution in [1.82, 2.24) is 19.3 Å². The average molecular weight is 477 g/mol. The van der Waals surface area contributed by atoms with Gasteiger partial charge in [0.05, 0.1) is 22.1 Å². The molecule has 1 aromatic carbocycles. The number of amides is 1. The first-order chi connectivity index (χ1) is 14.4. The maximum absolute atomic E-state index is 13.0. The molecular formula is C17H16ClF3N6O3S. The van der Waals surface area contributed by atoms with Gasteiger partial charge in [-0.3, -0.25) is 4.79 Å². The first-order valence-electron chi connectivity index (χ1n) is 8.59. The van der Waals surface area contributed by atoms with Crippen LogP contribution in [0.1, 0.15) is 21.9 Å². The number of anilines is 2. The molecule has 2 heterocycles. The quantitative estimate of drug-likeness (QED) is 0.518. The van der Waals surface area contributed by atoms with Crippen molar-refractivity contribution in [2.75, 3.05) is 24.7 Å². The molecule has 0 unspecified atom stereocenters. The summed E-state index contributed by atoms with van der Waals surface area (Å²) in [5, 5.41) is 8.59. The molecule has 3 aromatic rings. The number of para-hydroxylation sites is 1. The first kappa shape index (κ1) is 22.6. The lowest BCUT2D eigenvalue weighted by Crippen LogP contribution is -2.32. The zero-order valence-corrected chi connectivity index (χ0v) is 17.9. The minimum atomic E-state index is -4.78. The molecule has 0 aliphatic heterocycles. The molecule has 0 saturated carbocycles. The van der Waals surface area contributed by atoms with E-state index in [1.165, 1.54) is 26.1 Å². The van der Waals surface area contributed by atoms with E-state index in [-0.39, 0.29) is 21.9 Å². The Kier molecular flexibility index (Phi) is 5.76. The zero-order chi connectivity index (χ0) is 23.1. The largest absolute Gasteiger partial charge is 0.435 e. The highest BCUT2D eigenvalue weighted by Crippen LogP contribution is 2.32. The molecule has 3 N–H and O–H groups in total. The van der Waals surface area contributed by atoms with Crippen LogP contribution in [0.25, 0.3) is 5.65 Å². The predicted molar refractivity (Wildman–Crippen MR) is 108 cm³/mol. The number of nitrogens with zero attached hydrogens (tertiary/aromatic N) is 3. The van der Waals surface area contributed by atoms with Crippen LogP contribution in [0.5, 0.6) is 0 Å². The van der Waals surface area contributed by atoms with Crippen molar-refractivity contribution in [1.29, 1.82) is 0 Å². The molecular weight excluding hydrogens is 461 g/mol. The smallest absolute Gasteiger partial charge is 0.386 e. The van der Waals surface area contributed by atoms with Gasteiger partial charge in [0.1, 0.15) is 4.90 Å². The number of halogens is 4. The van der Waals surface area contributed by atoms with Crippen LogP contribution in [0.2, 0.25) is 5.02 Å². The highest BCUT2D eigenvalue weighted by Gasteiger charge is 2.35. The van der Waals surface area contributed by atoms with Crippen molar-refractivity contribution in [3.05, 3.63) is 46.4 Å². The summed E-state index contributed by atoms with van der Waals surface area (Å²) in [7, 11) is -1.26. The van der Waals surface area contributed by atoms with E-state index in [9.17, 15) is 26.4 Å². The number of hydrogen-bond donors (Lipinski definition) is 3. The van der Waals surface area contributed by atoms with Gasteiger partial charge in [-0.15, -0.1) is 0 Å². The third kappa shape index (κ3) is 4.10. The summed E-state index contributed by atoms with van der Waals surface area (Å²) in [4.78, 5) is 16.3. The Bertz CT molecular complexity index is 1290. The molecule has 14 heteroatoms. The number of rotatable bonds is 5. The van der Waals surface area contributed by atoms with Crippen LogP contribution in [0, 0.1) is 6.92 Å². The fourth-order valence-corrected chi connectivity index (χ4v) is 4.31. The maximum Gasteiger partial charge on any atom is 0.435 e. The van der Waals surface area contributed by atoms with Gasteiger partial charge in [-0.25, -0.2) is 22.6 Å². The van der Waals surface area contributed by atoms with Crippen molar-refractivity contribution in [3.8, 4) is 0 Å². The van der Waals surface area contributed by atoms with Gasteiger partial charge in [0.15, 0.2) is 17.0 Å². The molecule has 0 saturated heterocycles. The lowest BCUT2D eigenvalue weighted by atomic mass is 10.2. The van der Waals surface area contributed by atoms with E-state index in [0.29, 0.717) is 11.8 Å². The Morgan fingerprint density at radius 2 is 1.87 bits per heavy atom. The number of hydrogen-bond acceptors (Lipinski definition) is 7. The third-order valence-electron chi connectivity index (χ3n) is 4.33. The van der Waals surface area contributed by atoms with E-state index in [1.54, 1.807) is 13.1 Å². The third-order valence-corrected chi connectivity index (χ3v) is 5.98. The summed E-state index contributed by atoms with van der Waals surface area (Å²) in [6.07, 6.45) is -4.78. The highest BCUT2D eigenvalue weighted by atomic mass is 35.5.